The number of benzene rings is 1. The van der Waals surface area contributed by atoms with Gasteiger partial charge in [-0.15, -0.1) is 21.5 Å². The molecule has 7 nitrogen and oxygen atoms in total. The maximum absolute atomic E-state index is 12.5. The van der Waals surface area contributed by atoms with Gasteiger partial charge in [-0.05, 0) is 61.4 Å². The van der Waals surface area contributed by atoms with Crippen molar-refractivity contribution in [2.24, 2.45) is 5.92 Å². The summed E-state index contributed by atoms with van der Waals surface area (Å²) >= 11 is 3.00. The number of aryl methyl sites for hydroxylation is 1. The maximum Gasteiger partial charge on any atom is 0.277 e. The summed E-state index contributed by atoms with van der Waals surface area (Å²) in [5.74, 6) is 2.59. The maximum atomic E-state index is 12.5. The van der Waals surface area contributed by atoms with Gasteiger partial charge in [0.05, 0.1) is 10.1 Å². The molecule has 0 radical (unpaired) electrons. The Kier molecular flexibility index (Phi) is 5.62. The molecule has 0 saturated carbocycles. The number of nitrogens with one attached hydrogen (secondary N) is 1. The Morgan fingerprint density at radius 3 is 3.06 bits per heavy atom. The van der Waals surface area contributed by atoms with Gasteiger partial charge in [0.2, 0.25) is 12.7 Å². The standard InChI is InChI=1S/C22H23N3O4S2/c1-12-3-6-18-15(7-12)9-19(31-18)21-24-25-22(29-21)30-13(2)20(26)23-10-14-4-5-16-17(8-14)28-11-27-16/h4-5,8-9,12-13H,3,6-7,10-11H2,1-2H3,(H,23,26)/t12-,13-/m0/s1. The van der Waals surface area contributed by atoms with Crippen molar-refractivity contribution < 1.29 is 18.7 Å². The van der Waals surface area contributed by atoms with E-state index in [-0.39, 0.29) is 18.0 Å². The Morgan fingerprint density at radius 2 is 2.16 bits per heavy atom. The fourth-order valence-electron chi connectivity index (χ4n) is 3.76. The van der Waals surface area contributed by atoms with E-state index in [2.05, 4.69) is 28.5 Å². The van der Waals surface area contributed by atoms with Gasteiger partial charge in [-0.2, -0.15) is 0 Å². The molecule has 0 bridgehead atoms. The molecule has 5 rings (SSSR count). The molecule has 0 fully saturated rings. The van der Waals surface area contributed by atoms with Gasteiger partial charge in [0.15, 0.2) is 11.5 Å². The number of carbonyl (C=O) groups is 1. The third kappa shape index (κ3) is 4.43. The molecule has 9 heteroatoms. The summed E-state index contributed by atoms with van der Waals surface area (Å²) in [5, 5.41) is 11.3. The number of rotatable bonds is 6. The zero-order chi connectivity index (χ0) is 21.4. The SMILES string of the molecule is C[C@H]1CCc2sc(-c3nnc(S[C@@H](C)C(=O)NCc4ccc5c(c4)OCO5)o3)cc2C1. The Labute approximate surface area is 188 Å². The van der Waals surface area contributed by atoms with Crippen LogP contribution >= 0.6 is 23.1 Å². The molecule has 2 aliphatic rings. The van der Waals surface area contributed by atoms with Crippen molar-refractivity contribution >= 4 is 29.0 Å². The summed E-state index contributed by atoms with van der Waals surface area (Å²) in [6, 6.07) is 7.83. The topological polar surface area (TPSA) is 86.5 Å². The van der Waals surface area contributed by atoms with Gasteiger partial charge >= 0.3 is 0 Å². The lowest BCUT2D eigenvalue weighted by atomic mass is 9.90. The first kappa shape index (κ1) is 20.4. The van der Waals surface area contributed by atoms with Gasteiger partial charge in [0.25, 0.3) is 11.1 Å². The number of carbonyl (C=O) groups excluding carboxylic acids is 1. The van der Waals surface area contributed by atoms with Crippen LogP contribution in [0.5, 0.6) is 11.5 Å². The molecule has 1 aromatic carbocycles. The first-order valence-corrected chi connectivity index (χ1v) is 12.0. The van der Waals surface area contributed by atoms with Crippen LogP contribution in [0, 0.1) is 5.92 Å². The molecular formula is C22H23N3O4S2. The van der Waals surface area contributed by atoms with E-state index in [1.54, 1.807) is 11.3 Å². The van der Waals surface area contributed by atoms with Gasteiger partial charge in [-0.1, -0.05) is 24.8 Å². The normalized spacial score (nSPS) is 17.9. The number of amides is 1. The van der Waals surface area contributed by atoms with Crippen molar-refractivity contribution in [2.45, 2.75) is 50.1 Å². The second-order valence-corrected chi connectivity index (χ2v) is 10.4. The molecule has 1 aliphatic carbocycles. The van der Waals surface area contributed by atoms with Crippen LogP contribution in [0.3, 0.4) is 0 Å². The van der Waals surface area contributed by atoms with Crippen LogP contribution in [0.25, 0.3) is 10.8 Å². The largest absolute Gasteiger partial charge is 0.454 e. The molecule has 31 heavy (non-hydrogen) atoms. The van der Waals surface area contributed by atoms with Gasteiger partial charge in [0.1, 0.15) is 0 Å². The molecule has 2 atom stereocenters. The minimum atomic E-state index is -0.361. The zero-order valence-electron chi connectivity index (χ0n) is 17.3. The lowest BCUT2D eigenvalue weighted by Crippen LogP contribution is -2.30. The van der Waals surface area contributed by atoms with Crippen LogP contribution in [-0.2, 0) is 24.2 Å². The molecule has 0 spiro atoms. The molecule has 3 aromatic rings. The Hall–Kier alpha value is -2.52. The monoisotopic (exact) mass is 457 g/mol. The molecule has 1 amide bonds. The van der Waals surface area contributed by atoms with Crippen molar-refractivity contribution in [3.8, 4) is 22.3 Å². The average molecular weight is 458 g/mol. The third-order valence-electron chi connectivity index (χ3n) is 5.50. The van der Waals surface area contributed by atoms with E-state index in [1.807, 2.05) is 25.1 Å². The quantitative estimate of drug-likeness (QED) is 0.547. The number of hydrogen-bond acceptors (Lipinski definition) is 8. The van der Waals surface area contributed by atoms with Crippen LogP contribution < -0.4 is 14.8 Å². The number of nitrogens with zero attached hydrogens (tertiary/aromatic N) is 2. The van der Waals surface area contributed by atoms with Crippen LogP contribution in [-0.4, -0.2) is 28.1 Å². The minimum absolute atomic E-state index is 0.0945. The number of aromatic nitrogens is 2. The Bertz CT molecular complexity index is 1110. The van der Waals surface area contributed by atoms with Gasteiger partial charge in [0, 0.05) is 11.4 Å². The van der Waals surface area contributed by atoms with Crippen molar-refractivity contribution in [1.82, 2.24) is 15.5 Å². The number of ether oxygens (including phenoxy) is 2. The highest BCUT2D eigenvalue weighted by Crippen LogP contribution is 2.37. The van der Waals surface area contributed by atoms with Crippen molar-refractivity contribution in [3.63, 3.8) is 0 Å². The van der Waals surface area contributed by atoms with Gasteiger partial charge in [-0.25, -0.2) is 0 Å². The van der Waals surface area contributed by atoms with E-state index in [1.165, 1.54) is 28.6 Å². The first-order chi connectivity index (χ1) is 15.0. The molecular weight excluding hydrogens is 434 g/mol. The van der Waals surface area contributed by atoms with E-state index in [9.17, 15) is 4.79 Å². The summed E-state index contributed by atoms with van der Waals surface area (Å²) in [6.07, 6.45) is 3.47. The zero-order valence-corrected chi connectivity index (χ0v) is 19.0. The predicted octanol–water partition coefficient (Wildman–Crippen LogP) is 4.45. The second kappa shape index (κ2) is 8.55. The summed E-state index contributed by atoms with van der Waals surface area (Å²) in [6.45, 7) is 4.77. The van der Waals surface area contributed by atoms with Gasteiger partial charge in [-0.3, -0.25) is 4.79 Å². The summed E-state index contributed by atoms with van der Waals surface area (Å²) in [4.78, 5) is 15.0. The molecule has 162 valence electrons. The number of thioether (sulfide) groups is 1. The fraction of sp³-hybridized carbons (Fsp3) is 0.409. The van der Waals surface area contributed by atoms with Crippen LogP contribution in [0.2, 0.25) is 0 Å². The van der Waals surface area contributed by atoms with Crippen LogP contribution in [0.15, 0.2) is 33.9 Å². The predicted molar refractivity (Wildman–Crippen MR) is 119 cm³/mol. The van der Waals surface area contributed by atoms with Crippen molar-refractivity contribution in [2.75, 3.05) is 6.79 Å². The summed E-state index contributed by atoms with van der Waals surface area (Å²) < 4.78 is 16.5. The first-order valence-electron chi connectivity index (χ1n) is 10.3. The number of hydrogen-bond donors (Lipinski definition) is 1. The minimum Gasteiger partial charge on any atom is -0.454 e. The van der Waals surface area contributed by atoms with E-state index < -0.39 is 0 Å². The van der Waals surface area contributed by atoms with Crippen LogP contribution in [0.1, 0.15) is 36.3 Å². The highest BCUT2D eigenvalue weighted by molar-refractivity contribution is 8.00. The van der Waals surface area contributed by atoms with E-state index in [0.29, 0.717) is 23.4 Å². The molecule has 0 saturated heterocycles. The smallest absolute Gasteiger partial charge is 0.277 e. The molecule has 1 N–H and O–H groups in total. The van der Waals surface area contributed by atoms with E-state index in [0.717, 1.165) is 34.9 Å². The van der Waals surface area contributed by atoms with Crippen LogP contribution in [0.4, 0.5) is 0 Å². The van der Waals surface area contributed by atoms with Gasteiger partial charge < -0.3 is 19.2 Å². The van der Waals surface area contributed by atoms with Crippen molar-refractivity contribution in [1.29, 1.82) is 0 Å². The number of thiophene rings is 1. The lowest BCUT2D eigenvalue weighted by molar-refractivity contribution is -0.120. The second-order valence-electron chi connectivity index (χ2n) is 7.95. The lowest BCUT2D eigenvalue weighted by Gasteiger charge is -2.16. The molecule has 2 aromatic heterocycles. The Morgan fingerprint density at radius 1 is 1.29 bits per heavy atom. The third-order valence-corrected chi connectivity index (χ3v) is 7.66. The Balaban J connectivity index is 1.18. The summed E-state index contributed by atoms with van der Waals surface area (Å²) in [5.41, 5.74) is 2.35. The highest BCUT2D eigenvalue weighted by atomic mass is 32.2. The average Bonchev–Trinajstić information content (AvgIpc) is 3.50. The highest BCUT2D eigenvalue weighted by Gasteiger charge is 2.23. The fourth-order valence-corrected chi connectivity index (χ4v) is 5.59. The van der Waals surface area contributed by atoms with E-state index in [4.69, 9.17) is 13.9 Å². The molecule has 0 unspecified atom stereocenters. The number of fused-ring (bicyclic) bond motifs is 2. The summed E-state index contributed by atoms with van der Waals surface area (Å²) in [7, 11) is 0. The van der Waals surface area contributed by atoms with E-state index >= 15 is 0 Å². The van der Waals surface area contributed by atoms with Crippen molar-refractivity contribution in [3.05, 3.63) is 40.3 Å². The molecule has 3 heterocycles. The molecule has 1 aliphatic heterocycles.